The van der Waals surface area contributed by atoms with Gasteiger partial charge in [0.25, 0.3) is 0 Å². The summed E-state index contributed by atoms with van der Waals surface area (Å²) in [5.41, 5.74) is 3.37. The smallest absolute Gasteiger partial charge is 0.324 e. The van der Waals surface area contributed by atoms with E-state index in [1.165, 1.54) is 17.4 Å². The molecule has 4 rings (SSSR count). The van der Waals surface area contributed by atoms with Crippen LogP contribution in [0.5, 0.6) is 0 Å². The maximum Gasteiger partial charge on any atom is 0.324 e. The Labute approximate surface area is 191 Å². The predicted molar refractivity (Wildman–Crippen MR) is 122 cm³/mol. The highest BCUT2D eigenvalue weighted by Gasteiger charge is 2.44. The van der Waals surface area contributed by atoms with Gasteiger partial charge in [0.15, 0.2) is 0 Å². The largest absolute Gasteiger partial charge is 0.458 e. The number of carbonyl (C=O) groups is 1. The second-order valence-electron chi connectivity index (χ2n) is 7.84. The molecule has 9 heteroatoms. The van der Waals surface area contributed by atoms with Crippen LogP contribution in [0.25, 0.3) is 10.6 Å². The second-order valence-corrected chi connectivity index (χ2v) is 10.6. The Kier molecular flexibility index (Phi) is 6.43. The zero-order chi connectivity index (χ0) is 22.9. The monoisotopic (exact) mass is 472 g/mol. The maximum atomic E-state index is 13.2. The van der Waals surface area contributed by atoms with Crippen molar-refractivity contribution in [1.82, 2.24) is 9.29 Å². The van der Waals surface area contributed by atoms with E-state index in [9.17, 15) is 18.3 Å². The van der Waals surface area contributed by atoms with Crippen LogP contribution in [0.1, 0.15) is 23.2 Å². The summed E-state index contributed by atoms with van der Waals surface area (Å²) >= 11 is 1.44. The molecule has 7 nitrogen and oxygen atoms in total. The van der Waals surface area contributed by atoms with Crippen LogP contribution in [0.3, 0.4) is 0 Å². The van der Waals surface area contributed by atoms with Gasteiger partial charge in [-0.05, 0) is 37.1 Å². The second kappa shape index (κ2) is 9.11. The molecule has 32 heavy (non-hydrogen) atoms. The minimum atomic E-state index is -3.96. The molecule has 2 aromatic carbocycles. The van der Waals surface area contributed by atoms with Crippen LogP contribution in [0.15, 0.2) is 58.8 Å². The molecule has 0 radical (unpaired) electrons. The Morgan fingerprint density at radius 2 is 1.94 bits per heavy atom. The first-order valence-corrected chi connectivity index (χ1v) is 12.5. The molecule has 1 fully saturated rings. The SMILES string of the molecule is Cc1ccc(S(=O)(=O)N2CC(O)C[C@H]2C(=O)OCc2csc(-c3ccccc3)n2)cc1C. The molecular formula is C23H24N2O5S2. The number of aromatic nitrogens is 1. The lowest BCUT2D eigenvalue weighted by Gasteiger charge is -2.22. The average Bonchev–Trinajstić information content (AvgIpc) is 3.41. The highest BCUT2D eigenvalue weighted by atomic mass is 32.2. The number of nitrogens with zero attached hydrogens (tertiary/aromatic N) is 2. The van der Waals surface area contributed by atoms with Crippen molar-refractivity contribution in [3.8, 4) is 10.6 Å². The first-order valence-electron chi connectivity index (χ1n) is 10.2. The Bertz CT molecular complexity index is 1220. The first kappa shape index (κ1) is 22.6. The van der Waals surface area contributed by atoms with Gasteiger partial charge in [-0.1, -0.05) is 36.4 Å². The lowest BCUT2D eigenvalue weighted by atomic mass is 10.1. The third-order valence-electron chi connectivity index (χ3n) is 5.53. The van der Waals surface area contributed by atoms with Gasteiger partial charge in [0.2, 0.25) is 10.0 Å². The van der Waals surface area contributed by atoms with Crippen molar-refractivity contribution in [3.63, 3.8) is 0 Å². The molecule has 1 unspecified atom stereocenters. The van der Waals surface area contributed by atoms with E-state index in [-0.39, 0.29) is 24.5 Å². The van der Waals surface area contributed by atoms with Gasteiger partial charge in [-0.3, -0.25) is 4.79 Å². The summed E-state index contributed by atoms with van der Waals surface area (Å²) < 4.78 is 32.8. The van der Waals surface area contributed by atoms with Gasteiger partial charge >= 0.3 is 5.97 Å². The van der Waals surface area contributed by atoms with E-state index in [0.29, 0.717) is 5.69 Å². The summed E-state index contributed by atoms with van der Waals surface area (Å²) in [7, 11) is -3.96. The molecule has 1 saturated heterocycles. The fourth-order valence-electron chi connectivity index (χ4n) is 3.60. The van der Waals surface area contributed by atoms with Gasteiger partial charge < -0.3 is 9.84 Å². The van der Waals surface area contributed by atoms with Crippen molar-refractivity contribution in [1.29, 1.82) is 0 Å². The number of rotatable bonds is 6. The fraction of sp³-hybridized carbons (Fsp3) is 0.304. The van der Waals surface area contributed by atoms with Crippen LogP contribution < -0.4 is 0 Å². The molecule has 2 atom stereocenters. The Balaban J connectivity index is 1.48. The molecule has 1 aromatic heterocycles. The number of benzene rings is 2. The Hall–Kier alpha value is -2.59. The number of aryl methyl sites for hydroxylation is 2. The van der Waals surface area contributed by atoms with Crippen LogP contribution in [-0.2, 0) is 26.2 Å². The number of β-amino-alcohol motifs (C(OH)–C–C–N with tert-alkyl or cyclic N) is 1. The van der Waals surface area contributed by atoms with E-state index < -0.39 is 28.1 Å². The molecule has 0 bridgehead atoms. The number of thiazole rings is 1. The van der Waals surface area contributed by atoms with Crippen LogP contribution in [0, 0.1) is 13.8 Å². The standard InChI is InChI=1S/C23H24N2O5S2/c1-15-8-9-20(10-16(15)2)32(28,29)25-12-19(26)11-21(25)23(27)30-13-18-14-31-22(24-18)17-6-4-3-5-7-17/h3-10,14,19,21,26H,11-13H2,1-2H3/t19?,21-/m0/s1. The number of hydrogen-bond acceptors (Lipinski definition) is 7. The Morgan fingerprint density at radius 1 is 1.19 bits per heavy atom. The van der Waals surface area contributed by atoms with Gasteiger partial charge in [-0.15, -0.1) is 11.3 Å². The quantitative estimate of drug-likeness (QED) is 0.553. The number of aliphatic hydroxyl groups excluding tert-OH is 1. The summed E-state index contributed by atoms with van der Waals surface area (Å²) in [5, 5.41) is 12.7. The molecule has 0 amide bonds. The van der Waals surface area contributed by atoms with E-state index in [0.717, 1.165) is 26.0 Å². The van der Waals surface area contributed by atoms with E-state index in [1.54, 1.807) is 12.1 Å². The molecule has 0 spiro atoms. The Morgan fingerprint density at radius 3 is 2.66 bits per heavy atom. The summed E-state index contributed by atoms with van der Waals surface area (Å²) in [5.74, 6) is -0.691. The van der Waals surface area contributed by atoms with Gasteiger partial charge in [-0.2, -0.15) is 4.31 Å². The van der Waals surface area contributed by atoms with Crippen molar-refractivity contribution in [3.05, 3.63) is 70.7 Å². The third kappa shape index (κ3) is 4.61. The lowest BCUT2D eigenvalue weighted by molar-refractivity contribution is -0.149. The van der Waals surface area contributed by atoms with Crippen molar-refractivity contribution in [2.75, 3.05) is 6.54 Å². The van der Waals surface area contributed by atoms with E-state index in [4.69, 9.17) is 4.74 Å². The number of hydrogen-bond donors (Lipinski definition) is 1. The van der Waals surface area contributed by atoms with Gasteiger partial charge in [0.1, 0.15) is 17.7 Å². The summed E-state index contributed by atoms with van der Waals surface area (Å²) in [6.07, 6.45) is -0.937. The topological polar surface area (TPSA) is 96.8 Å². The minimum Gasteiger partial charge on any atom is -0.458 e. The van der Waals surface area contributed by atoms with Gasteiger partial charge in [-0.25, -0.2) is 13.4 Å². The number of carbonyl (C=O) groups excluding carboxylic acids is 1. The maximum absolute atomic E-state index is 13.2. The molecule has 168 valence electrons. The van der Waals surface area contributed by atoms with Crippen LogP contribution >= 0.6 is 11.3 Å². The van der Waals surface area contributed by atoms with Crippen molar-refractivity contribution >= 4 is 27.3 Å². The van der Waals surface area contributed by atoms with Crippen molar-refractivity contribution in [2.45, 2.75) is 43.9 Å². The fourth-order valence-corrected chi connectivity index (χ4v) is 6.12. The molecule has 1 aliphatic heterocycles. The number of aliphatic hydroxyl groups is 1. The predicted octanol–water partition coefficient (Wildman–Crippen LogP) is 3.29. The lowest BCUT2D eigenvalue weighted by Crippen LogP contribution is -2.41. The molecular weight excluding hydrogens is 448 g/mol. The van der Waals surface area contributed by atoms with Crippen molar-refractivity contribution < 1.29 is 23.1 Å². The molecule has 2 heterocycles. The molecule has 1 N–H and O–H groups in total. The van der Waals surface area contributed by atoms with E-state index >= 15 is 0 Å². The first-order chi connectivity index (χ1) is 15.3. The van der Waals surface area contributed by atoms with Crippen LogP contribution in [0.4, 0.5) is 0 Å². The third-order valence-corrected chi connectivity index (χ3v) is 8.34. The van der Waals surface area contributed by atoms with Crippen LogP contribution in [-0.4, -0.2) is 47.5 Å². The number of sulfonamides is 1. The van der Waals surface area contributed by atoms with Crippen molar-refractivity contribution in [2.24, 2.45) is 0 Å². The molecule has 0 saturated carbocycles. The zero-order valence-corrected chi connectivity index (χ0v) is 19.4. The number of esters is 1. The van der Waals surface area contributed by atoms with Gasteiger partial charge in [0.05, 0.1) is 16.7 Å². The average molecular weight is 473 g/mol. The molecule has 3 aromatic rings. The summed E-state index contributed by atoms with van der Waals surface area (Å²) in [6.45, 7) is 3.51. The minimum absolute atomic E-state index is 0.00472. The van der Waals surface area contributed by atoms with E-state index in [2.05, 4.69) is 4.98 Å². The number of ether oxygens (including phenoxy) is 1. The molecule has 0 aliphatic carbocycles. The van der Waals surface area contributed by atoms with E-state index in [1.807, 2.05) is 49.6 Å². The van der Waals surface area contributed by atoms with Crippen LogP contribution in [0.2, 0.25) is 0 Å². The summed E-state index contributed by atoms with van der Waals surface area (Å²) in [4.78, 5) is 17.4. The highest BCUT2D eigenvalue weighted by molar-refractivity contribution is 7.89. The molecule has 1 aliphatic rings. The summed E-state index contributed by atoms with van der Waals surface area (Å²) in [6, 6.07) is 13.4. The normalized spacial score (nSPS) is 19.2. The van der Waals surface area contributed by atoms with Gasteiger partial charge in [0, 0.05) is 23.9 Å². The zero-order valence-electron chi connectivity index (χ0n) is 17.8. The highest BCUT2D eigenvalue weighted by Crippen LogP contribution is 2.29.